The number of nitrogens with one attached hydrogen (secondary N) is 2. The summed E-state index contributed by atoms with van der Waals surface area (Å²) in [5.74, 6) is 0.607. The third kappa shape index (κ3) is 4.11. The van der Waals surface area contributed by atoms with Crippen LogP contribution in [0.2, 0.25) is 10.0 Å². The second-order valence-corrected chi connectivity index (χ2v) is 6.73. The molecular formula is C19H18Cl2N2O3. The molecule has 0 aliphatic carbocycles. The number of amides is 1. The first-order valence-corrected chi connectivity index (χ1v) is 9.06. The molecule has 3 rings (SSSR count). The van der Waals surface area contributed by atoms with Crippen LogP contribution in [0.15, 0.2) is 41.2 Å². The molecule has 136 valence electrons. The number of ether oxygens (including phenoxy) is 1. The molecule has 1 aromatic carbocycles. The van der Waals surface area contributed by atoms with Crippen molar-refractivity contribution >= 4 is 34.7 Å². The highest BCUT2D eigenvalue weighted by Crippen LogP contribution is 2.31. The van der Waals surface area contributed by atoms with Crippen molar-refractivity contribution in [2.75, 3.05) is 6.61 Å². The molecule has 1 aliphatic rings. The number of H-pyrrole nitrogens is 1. The molecule has 1 aliphatic heterocycles. The van der Waals surface area contributed by atoms with Gasteiger partial charge >= 0.3 is 0 Å². The number of halogens is 2. The largest absolute Gasteiger partial charge is 0.492 e. The van der Waals surface area contributed by atoms with Gasteiger partial charge in [-0.15, -0.1) is 0 Å². The Kier molecular flexibility index (Phi) is 5.69. The molecule has 1 saturated heterocycles. The zero-order valence-electron chi connectivity index (χ0n) is 14.1. The van der Waals surface area contributed by atoms with Crippen molar-refractivity contribution in [1.82, 2.24) is 10.3 Å². The van der Waals surface area contributed by atoms with Crippen molar-refractivity contribution in [3.63, 3.8) is 0 Å². The first-order chi connectivity index (χ1) is 12.5. The normalized spacial score (nSPS) is 17.3. The monoisotopic (exact) mass is 392 g/mol. The Hall–Kier alpha value is -2.24. The molecule has 0 radical (unpaired) electrons. The minimum Gasteiger partial charge on any atom is -0.492 e. The van der Waals surface area contributed by atoms with E-state index in [9.17, 15) is 9.59 Å². The van der Waals surface area contributed by atoms with Crippen LogP contribution in [0, 0.1) is 0 Å². The lowest BCUT2D eigenvalue weighted by molar-refractivity contribution is -0.119. The highest BCUT2D eigenvalue weighted by Gasteiger charge is 2.21. The van der Waals surface area contributed by atoms with Crippen molar-refractivity contribution < 1.29 is 9.53 Å². The van der Waals surface area contributed by atoms with E-state index in [4.69, 9.17) is 27.9 Å². The molecule has 0 saturated carbocycles. The summed E-state index contributed by atoms with van der Waals surface area (Å²) < 4.78 is 5.48. The van der Waals surface area contributed by atoms with Gasteiger partial charge in [-0.2, -0.15) is 0 Å². The van der Waals surface area contributed by atoms with Gasteiger partial charge in [0.15, 0.2) is 0 Å². The summed E-state index contributed by atoms with van der Waals surface area (Å²) in [6.45, 7) is 2.40. The van der Waals surface area contributed by atoms with Crippen LogP contribution in [-0.2, 0) is 4.79 Å². The van der Waals surface area contributed by atoms with Gasteiger partial charge in [0.1, 0.15) is 10.8 Å². The Bertz CT molecular complexity index is 921. The molecular weight excluding hydrogens is 375 g/mol. The first kappa shape index (κ1) is 18.5. The first-order valence-electron chi connectivity index (χ1n) is 8.31. The average molecular weight is 393 g/mol. The SMILES string of the molecule is CCOc1ccc(/C(=C\C2CCC(=O)N2)c2ccc(Cl)c(=O)[nH]2)cc1Cl. The van der Waals surface area contributed by atoms with Crippen molar-refractivity contribution in [2.45, 2.75) is 25.8 Å². The number of hydrogen-bond donors (Lipinski definition) is 2. The standard InChI is InChI=1S/C19H18Cl2N2O3/c1-2-26-17-7-3-11(9-15(17)21)13(10-12-4-8-18(24)22-12)16-6-5-14(20)19(25)23-16/h3,5-7,9-10,12H,2,4,8H2,1H3,(H,22,24)(H,23,25)/b13-10+. The topological polar surface area (TPSA) is 71.2 Å². The van der Waals surface area contributed by atoms with Gasteiger partial charge in [-0.1, -0.05) is 35.3 Å². The van der Waals surface area contributed by atoms with Gasteiger partial charge in [0.05, 0.1) is 11.6 Å². The van der Waals surface area contributed by atoms with Crippen LogP contribution in [0.1, 0.15) is 31.0 Å². The van der Waals surface area contributed by atoms with E-state index < -0.39 is 0 Å². The summed E-state index contributed by atoms with van der Waals surface area (Å²) >= 11 is 12.2. The van der Waals surface area contributed by atoms with E-state index in [-0.39, 0.29) is 22.5 Å². The van der Waals surface area contributed by atoms with E-state index in [2.05, 4.69) is 10.3 Å². The van der Waals surface area contributed by atoms with Gasteiger partial charge in [-0.05, 0) is 43.2 Å². The molecule has 1 atom stereocenters. The third-order valence-corrected chi connectivity index (χ3v) is 4.68. The second kappa shape index (κ2) is 7.98. The number of rotatable bonds is 5. The number of carbonyl (C=O) groups excluding carboxylic acids is 1. The fraction of sp³-hybridized carbons (Fsp3) is 0.263. The highest BCUT2D eigenvalue weighted by molar-refractivity contribution is 6.32. The van der Waals surface area contributed by atoms with Crippen molar-refractivity contribution in [1.29, 1.82) is 0 Å². The van der Waals surface area contributed by atoms with Gasteiger partial charge in [0, 0.05) is 23.7 Å². The molecule has 1 unspecified atom stereocenters. The van der Waals surface area contributed by atoms with Crippen LogP contribution in [0.25, 0.3) is 5.57 Å². The Morgan fingerprint density at radius 3 is 2.65 bits per heavy atom. The minimum atomic E-state index is -0.373. The molecule has 0 bridgehead atoms. The Morgan fingerprint density at radius 2 is 2.04 bits per heavy atom. The van der Waals surface area contributed by atoms with E-state index in [1.165, 1.54) is 0 Å². The number of carbonyl (C=O) groups is 1. The van der Waals surface area contributed by atoms with E-state index in [0.717, 1.165) is 11.1 Å². The zero-order valence-corrected chi connectivity index (χ0v) is 15.7. The van der Waals surface area contributed by atoms with E-state index in [0.29, 0.717) is 35.9 Å². The van der Waals surface area contributed by atoms with Crippen LogP contribution in [0.5, 0.6) is 5.75 Å². The number of hydrogen-bond acceptors (Lipinski definition) is 3. The van der Waals surface area contributed by atoms with Gasteiger partial charge in [0.25, 0.3) is 5.56 Å². The van der Waals surface area contributed by atoms with Crippen molar-refractivity contribution in [3.05, 3.63) is 68.1 Å². The average Bonchev–Trinajstić information content (AvgIpc) is 3.02. The summed E-state index contributed by atoms with van der Waals surface area (Å²) in [7, 11) is 0. The number of aromatic amines is 1. The molecule has 2 aromatic rings. The number of aromatic nitrogens is 1. The summed E-state index contributed by atoms with van der Waals surface area (Å²) in [6, 6.07) is 8.61. The summed E-state index contributed by atoms with van der Waals surface area (Å²) in [4.78, 5) is 26.2. The van der Waals surface area contributed by atoms with E-state index in [1.807, 2.05) is 19.1 Å². The fourth-order valence-corrected chi connectivity index (χ4v) is 3.20. The maximum absolute atomic E-state index is 11.9. The zero-order chi connectivity index (χ0) is 18.7. The highest BCUT2D eigenvalue weighted by atomic mass is 35.5. The molecule has 1 amide bonds. The molecule has 2 heterocycles. The second-order valence-electron chi connectivity index (χ2n) is 5.92. The summed E-state index contributed by atoms with van der Waals surface area (Å²) in [6.07, 6.45) is 3.11. The lowest BCUT2D eigenvalue weighted by atomic mass is 9.99. The minimum absolute atomic E-state index is 0.0138. The predicted octanol–water partition coefficient (Wildman–Crippen LogP) is 3.79. The summed E-state index contributed by atoms with van der Waals surface area (Å²) in [5, 5.41) is 3.50. The molecule has 7 heteroatoms. The van der Waals surface area contributed by atoms with E-state index >= 15 is 0 Å². The predicted molar refractivity (Wildman–Crippen MR) is 103 cm³/mol. The molecule has 0 spiro atoms. The summed E-state index contributed by atoms with van der Waals surface area (Å²) in [5.41, 5.74) is 1.79. The van der Waals surface area contributed by atoms with Crippen LogP contribution in [0.4, 0.5) is 0 Å². The smallest absolute Gasteiger partial charge is 0.267 e. The van der Waals surface area contributed by atoms with Crippen LogP contribution < -0.4 is 15.6 Å². The Labute approximate surface area is 161 Å². The van der Waals surface area contributed by atoms with E-state index in [1.54, 1.807) is 24.3 Å². The molecule has 5 nitrogen and oxygen atoms in total. The maximum atomic E-state index is 11.9. The van der Waals surface area contributed by atoms with Crippen LogP contribution >= 0.6 is 23.2 Å². The Balaban J connectivity index is 2.06. The molecule has 1 aromatic heterocycles. The molecule has 26 heavy (non-hydrogen) atoms. The van der Waals surface area contributed by atoms with Crippen LogP contribution in [0.3, 0.4) is 0 Å². The lowest BCUT2D eigenvalue weighted by Gasteiger charge is -2.14. The van der Waals surface area contributed by atoms with Gasteiger partial charge in [-0.3, -0.25) is 9.59 Å². The van der Waals surface area contributed by atoms with Gasteiger partial charge in [0.2, 0.25) is 5.91 Å². The number of benzene rings is 1. The van der Waals surface area contributed by atoms with Crippen molar-refractivity contribution in [3.8, 4) is 5.75 Å². The number of pyridine rings is 1. The quantitative estimate of drug-likeness (QED) is 0.812. The van der Waals surface area contributed by atoms with Gasteiger partial charge < -0.3 is 15.0 Å². The fourth-order valence-electron chi connectivity index (χ4n) is 2.86. The molecule has 1 fully saturated rings. The lowest BCUT2D eigenvalue weighted by Crippen LogP contribution is -2.23. The Morgan fingerprint density at radius 1 is 1.23 bits per heavy atom. The maximum Gasteiger partial charge on any atom is 0.267 e. The van der Waals surface area contributed by atoms with Crippen molar-refractivity contribution in [2.24, 2.45) is 0 Å². The van der Waals surface area contributed by atoms with Crippen LogP contribution in [-0.4, -0.2) is 23.5 Å². The third-order valence-electron chi connectivity index (χ3n) is 4.09. The molecule has 2 N–H and O–H groups in total. The van der Waals surface area contributed by atoms with Gasteiger partial charge in [-0.25, -0.2) is 0 Å².